The zero-order chi connectivity index (χ0) is 28.2. The third-order valence-electron chi connectivity index (χ3n) is 6.44. The Morgan fingerprint density at radius 1 is 0.974 bits per heavy atom. The molecule has 38 heavy (non-hydrogen) atoms. The number of urea groups is 2. The van der Waals surface area contributed by atoms with Gasteiger partial charge in [0, 0.05) is 24.0 Å². The van der Waals surface area contributed by atoms with E-state index in [2.05, 4.69) is 16.0 Å². The van der Waals surface area contributed by atoms with E-state index in [0.717, 1.165) is 16.0 Å². The van der Waals surface area contributed by atoms with E-state index < -0.39 is 47.5 Å². The zero-order valence-electron chi connectivity index (χ0n) is 22.1. The lowest BCUT2D eigenvalue weighted by molar-refractivity contribution is -0.140. The highest BCUT2D eigenvalue weighted by molar-refractivity contribution is 6.09. The van der Waals surface area contributed by atoms with Gasteiger partial charge in [0.25, 0.3) is 5.91 Å². The fraction of sp³-hybridized carbons (Fsp3) is 0.370. The van der Waals surface area contributed by atoms with Gasteiger partial charge in [-0.2, -0.15) is 0 Å². The van der Waals surface area contributed by atoms with Gasteiger partial charge in [0.2, 0.25) is 5.91 Å². The molecule has 11 nitrogen and oxygen atoms in total. The van der Waals surface area contributed by atoms with E-state index in [1.54, 1.807) is 44.2 Å². The van der Waals surface area contributed by atoms with E-state index in [9.17, 15) is 24.0 Å². The summed E-state index contributed by atoms with van der Waals surface area (Å²) in [5.74, 6) is -2.21. The summed E-state index contributed by atoms with van der Waals surface area (Å²) >= 11 is 0. The molecular formula is C27H33N5O6. The zero-order valence-corrected chi connectivity index (χ0v) is 22.1. The lowest BCUT2D eigenvalue weighted by Gasteiger charge is -2.27. The number of carbonyl (C=O) groups excluding carboxylic acids is 4. The third kappa shape index (κ3) is 6.28. The van der Waals surface area contributed by atoms with Gasteiger partial charge >= 0.3 is 18.0 Å². The summed E-state index contributed by atoms with van der Waals surface area (Å²) in [5, 5.41) is 17.0. The minimum atomic E-state index is -1.21. The minimum absolute atomic E-state index is 0.105. The average Bonchev–Trinajstić information content (AvgIpc) is 2.99. The summed E-state index contributed by atoms with van der Waals surface area (Å²) in [6.07, 6.45) is -0.281. The van der Waals surface area contributed by atoms with E-state index in [-0.39, 0.29) is 13.0 Å². The number of carboxylic acids is 1. The van der Waals surface area contributed by atoms with Crippen molar-refractivity contribution < 1.29 is 29.1 Å². The highest BCUT2D eigenvalue weighted by atomic mass is 16.4. The molecule has 0 saturated carbocycles. The number of aryl methyl sites for hydroxylation is 1. The first kappa shape index (κ1) is 28.2. The fourth-order valence-corrected chi connectivity index (χ4v) is 4.14. The molecule has 6 amide bonds. The van der Waals surface area contributed by atoms with Gasteiger partial charge < -0.3 is 26.0 Å². The summed E-state index contributed by atoms with van der Waals surface area (Å²) < 4.78 is 0. The maximum Gasteiger partial charge on any atom is 0.328 e. The number of amides is 6. The van der Waals surface area contributed by atoms with Crippen LogP contribution in [-0.4, -0.2) is 62.4 Å². The van der Waals surface area contributed by atoms with Gasteiger partial charge in [-0.1, -0.05) is 30.3 Å². The number of aliphatic carboxylic acids is 1. The normalized spacial score (nSPS) is 16.1. The Morgan fingerprint density at radius 3 is 2.21 bits per heavy atom. The van der Waals surface area contributed by atoms with Crippen molar-refractivity contribution in [2.75, 3.05) is 10.6 Å². The average molecular weight is 524 g/mol. The maximum absolute atomic E-state index is 13.3. The number of carbonyl (C=O) groups is 5. The SMILES string of the molecule is Cc1ccccc1NC(=O)Nc1ccc(CN2C(=O)N(C(C)C(=O)NC(C)CC(=O)O)C(=O)C2(C)C)cc1. The van der Waals surface area contributed by atoms with Crippen LogP contribution in [0, 0.1) is 6.92 Å². The van der Waals surface area contributed by atoms with Gasteiger partial charge in [-0.05, 0) is 63.9 Å². The molecule has 3 rings (SSSR count). The number of hydrogen-bond donors (Lipinski definition) is 4. The number of imide groups is 1. The van der Waals surface area contributed by atoms with Crippen molar-refractivity contribution in [1.82, 2.24) is 15.1 Å². The molecule has 1 aliphatic rings. The molecule has 0 aliphatic carbocycles. The van der Waals surface area contributed by atoms with Gasteiger partial charge in [0.15, 0.2) is 0 Å². The molecule has 0 aromatic heterocycles. The molecule has 202 valence electrons. The van der Waals surface area contributed by atoms with E-state index in [4.69, 9.17) is 5.11 Å². The standard InChI is InChI=1S/C27H33N5O6/c1-16-8-6-7-9-21(16)30-25(37)29-20-12-10-19(11-13-20)15-31-26(38)32(24(36)27(31,4)5)18(3)23(35)28-17(2)14-22(33)34/h6-13,17-18H,14-15H2,1-5H3,(H,28,35)(H,33,34)(H2,29,30,37). The van der Waals surface area contributed by atoms with Crippen molar-refractivity contribution in [1.29, 1.82) is 0 Å². The second kappa shape index (κ2) is 11.3. The van der Waals surface area contributed by atoms with Crippen LogP contribution in [0.2, 0.25) is 0 Å². The Kier molecular flexibility index (Phi) is 8.39. The Bertz CT molecular complexity index is 1240. The molecule has 2 atom stereocenters. The molecule has 0 spiro atoms. The molecule has 2 unspecified atom stereocenters. The van der Waals surface area contributed by atoms with Crippen LogP contribution in [0.3, 0.4) is 0 Å². The van der Waals surface area contributed by atoms with E-state index in [1.165, 1.54) is 18.7 Å². The minimum Gasteiger partial charge on any atom is -0.481 e. The molecule has 0 radical (unpaired) electrons. The van der Waals surface area contributed by atoms with Gasteiger partial charge in [0.05, 0.1) is 6.42 Å². The lowest BCUT2D eigenvalue weighted by atomic mass is 10.0. The summed E-state index contributed by atoms with van der Waals surface area (Å²) in [6.45, 7) is 8.18. The fourth-order valence-electron chi connectivity index (χ4n) is 4.14. The van der Waals surface area contributed by atoms with Crippen molar-refractivity contribution >= 4 is 41.2 Å². The first-order valence-electron chi connectivity index (χ1n) is 12.2. The summed E-state index contributed by atoms with van der Waals surface area (Å²) in [7, 11) is 0. The van der Waals surface area contributed by atoms with Crippen LogP contribution < -0.4 is 16.0 Å². The molecule has 1 fully saturated rings. The quantitative estimate of drug-likeness (QED) is 0.370. The molecule has 1 saturated heterocycles. The summed E-state index contributed by atoms with van der Waals surface area (Å²) in [4.78, 5) is 64.6. The molecule has 2 aromatic carbocycles. The van der Waals surface area contributed by atoms with Crippen molar-refractivity contribution in [3.63, 3.8) is 0 Å². The number of hydrogen-bond acceptors (Lipinski definition) is 5. The number of rotatable bonds is 9. The van der Waals surface area contributed by atoms with Gasteiger partial charge in [0.1, 0.15) is 11.6 Å². The molecule has 2 aromatic rings. The number of carboxylic acid groups (broad SMARTS) is 1. The van der Waals surface area contributed by atoms with E-state index >= 15 is 0 Å². The van der Waals surface area contributed by atoms with Crippen LogP contribution in [0.5, 0.6) is 0 Å². The Morgan fingerprint density at radius 2 is 1.61 bits per heavy atom. The van der Waals surface area contributed by atoms with Crippen molar-refractivity contribution in [2.45, 2.75) is 65.2 Å². The van der Waals surface area contributed by atoms with Crippen LogP contribution in [0.15, 0.2) is 48.5 Å². The van der Waals surface area contributed by atoms with Crippen molar-refractivity contribution in [2.24, 2.45) is 0 Å². The molecule has 1 heterocycles. The maximum atomic E-state index is 13.3. The van der Waals surface area contributed by atoms with Crippen molar-refractivity contribution in [3.05, 3.63) is 59.7 Å². The number of benzene rings is 2. The van der Waals surface area contributed by atoms with Crippen LogP contribution in [0.1, 0.15) is 45.2 Å². The van der Waals surface area contributed by atoms with Crippen molar-refractivity contribution in [3.8, 4) is 0 Å². The monoisotopic (exact) mass is 523 g/mol. The Hall–Kier alpha value is -4.41. The predicted octanol–water partition coefficient (Wildman–Crippen LogP) is 3.55. The molecule has 0 bridgehead atoms. The topological polar surface area (TPSA) is 148 Å². The van der Waals surface area contributed by atoms with Gasteiger partial charge in [-0.15, -0.1) is 0 Å². The molecule has 1 aliphatic heterocycles. The number of nitrogens with one attached hydrogen (secondary N) is 3. The number of anilines is 2. The van der Waals surface area contributed by atoms with E-state index in [0.29, 0.717) is 11.4 Å². The Balaban J connectivity index is 1.65. The van der Waals surface area contributed by atoms with Gasteiger partial charge in [-0.3, -0.25) is 14.4 Å². The molecular weight excluding hydrogens is 490 g/mol. The highest BCUT2D eigenvalue weighted by Crippen LogP contribution is 2.31. The second-order valence-corrected chi connectivity index (χ2v) is 9.88. The largest absolute Gasteiger partial charge is 0.481 e. The van der Waals surface area contributed by atoms with E-state index in [1.807, 2.05) is 25.1 Å². The third-order valence-corrected chi connectivity index (χ3v) is 6.44. The second-order valence-electron chi connectivity index (χ2n) is 9.88. The van der Waals surface area contributed by atoms with Crippen LogP contribution >= 0.6 is 0 Å². The van der Waals surface area contributed by atoms with Crippen LogP contribution in [0.4, 0.5) is 21.0 Å². The first-order chi connectivity index (χ1) is 17.8. The molecule has 11 heteroatoms. The first-order valence-corrected chi connectivity index (χ1v) is 12.2. The van der Waals surface area contributed by atoms with Crippen LogP contribution in [0.25, 0.3) is 0 Å². The summed E-state index contributed by atoms with van der Waals surface area (Å²) in [5.41, 5.74) is 1.69. The Labute approximate surface area is 221 Å². The number of para-hydroxylation sites is 1. The van der Waals surface area contributed by atoms with Crippen LogP contribution in [-0.2, 0) is 20.9 Å². The highest BCUT2D eigenvalue weighted by Gasteiger charge is 2.53. The predicted molar refractivity (Wildman–Crippen MR) is 141 cm³/mol. The smallest absolute Gasteiger partial charge is 0.328 e. The number of nitrogens with zero attached hydrogens (tertiary/aromatic N) is 2. The van der Waals surface area contributed by atoms with Gasteiger partial charge in [-0.25, -0.2) is 14.5 Å². The summed E-state index contributed by atoms with van der Waals surface area (Å²) in [6, 6.07) is 11.5. The lowest BCUT2D eigenvalue weighted by Crippen LogP contribution is -2.51. The molecule has 4 N–H and O–H groups in total.